The summed E-state index contributed by atoms with van der Waals surface area (Å²) in [7, 11) is 0. The van der Waals surface area contributed by atoms with Gasteiger partial charge in [-0.1, -0.05) is 25.3 Å². The predicted molar refractivity (Wildman–Crippen MR) is 48.6 cm³/mol. The minimum atomic E-state index is -0.372. The Morgan fingerprint density at radius 1 is 1.73 bits per heavy atom. The lowest BCUT2D eigenvalue weighted by atomic mass is 10.3. The highest BCUT2D eigenvalue weighted by Gasteiger charge is 2.06. The zero-order valence-corrected chi connectivity index (χ0v) is 7.78. The predicted octanol–water partition coefficient (Wildman–Crippen LogP) is 1.59. The molecule has 1 unspecified atom stereocenters. The molecule has 0 saturated carbocycles. The van der Waals surface area contributed by atoms with Gasteiger partial charge < -0.3 is 5.11 Å². The second-order valence-electron chi connectivity index (χ2n) is 2.44. The van der Waals surface area contributed by atoms with Crippen LogP contribution < -0.4 is 0 Å². The van der Waals surface area contributed by atoms with Crippen molar-refractivity contribution in [1.82, 2.24) is 0 Å². The molecular formula is C8H14O2S. The molecule has 0 aliphatic rings. The highest BCUT2D eigenvalue weighted by molar-refractivity contribution is 8.14. The Balaban J connectivity index is 3.54. The average Bonchev–Trinajstić information content (AvgIpc) is 1.99. The van der Waals surface area contributed by atoms with Gasteiger partial charge in [-0.2, -0.15) is 0 Å². The highest BCUT2D eigenvalue weighted by Crippen LogP contribution is 2.10. The van der Waals surface area contributed by atoms with Gasteiger partial charge >= 0.3 is 0 Å². The van der Waals surface area contributed by atoms with Crippen molar-refractivity contribution in [2.45, 2.75) is 26.4 Å². The summed E-state index contributed by atoms with van der Waals surface area (Å²) >= 11 is 1.13. The quantitative estimate of drug-likeness (QED) is 0.658. The molecule has 0 bridgehead atoms. The van der Waals surface area contributed by atoms with Crippen molar-refractivity contribution in [3.05, 3.63) is 12.2 Å². The molecule has 0 rings (SSSR count). The molecule has 2 nitrogen and oxygen atoms in total. The van der Waals surface area contributed by atoms with Gasteiger partial charge in [0.1, 0.15) is 0 Å². The van der Waals surface area contributed by atoms with Gasteiger partial charge in [0, 0.05) is 5.75 Å². The molecule has 0 heterocycles. The molecule has 0 amide bonds. The molecule has 1 atom stereocenters. The minimum absolute atomic E-state index is 0.0301. The van der Waals surface area contributed by atoms with Crippen LogP contribution in [0.15, 0.2) is 12.2 Å². The van der Waals surface area contributed by atoms with Gasteiger partial charge in [0.15, 0.2) is 0 Å². The number of rotatable bonds is 4. The summed E-state index contributed by atoms with van der Waals surface area (Å²) in [6, 6.07) is 0. The maximum atomic E-state index is 10.9. The molecule has 0 aliphatic carbocycles. The Morgan fingerprint density at radius 2 is 2.27 bits per heavy atom. The van der Waals surface area contributed by atoms with Gasteiger partial charge in [-0.05, 0) is 18.9 Å². The Bertz CT molecular complexity index is 154. The zero-order chi connectivity index (χ0) is 8.85. The lowest BCUT2D eigenvalue weighted by Crippen LogP contribution is -2.09. The molecule has 0 aromatic rings. The fourth-order valence-corrected chi connectivity index (χ4v) is 1.24. The fourth-order valence-electron chi connectivity index (χ4n) is 0.413. The van der Waals surface area contributed by atoms with E-state index in [1.54, 1.807) is 6.92 Å². The Morgan fingerprint density at radius 3 is 2.64 bits per heavy atom. The molecular weight excluding hydrogens is 160 g/mol. The van der Waals surface area contributed by atoms with E-state index in [0.717, 1.165) is 11.8 Å². The number of aliphatic hydroxyl groups is 1. The third-order valence-corrected chi connectivity index (χ3v) is 2.39. The van der Waals surface area contributed by atoms with Crippen molar-refractivity contribution in [1.29, 1.82) is 0 Å². The Hall–Kier alpha value is -0.280. The first-order valence-electron chi connectivity index (χ1n) is 3.58. The van der Waals surface area contributed by atoms with Crippen LogP contribution in [0.2, 0.25) is 0 Å². The summed E-state index contributed by atoms with van der Waals surface area (Å²) in [5.41, 5.74) is 0.540. The Kier molecular flexibility index (Phi) is 5.24. The van der Waals surface area contributed by atoms with E-state index in [0.29, 0.717) is 17.7 Å². The summed E-state index contributed by atoms with van der Waals surface area (Å²) in [6.45, 7) is 7.07. The van der Waals surface area contributed by atoms with Gasteiger partial charge in [0.2, 0.25) is 5.12 Å². The summed E-state index contributed by atoms with van der Waals surface area (Å²) in [5.74, 6) is 0.474. The highest BCUT2D eigenvalue weighted by atomic mass is 32.2. The monoisotopic (exact) mass is 174 g/mol. The number of aliphatic hydroxyl groups excluding tert-OH is 1. The van der Waals surface area contributed by atoms with E-state index in [4.69, 9.17) is 5.11 Å². The van der Waals surface area contributed by atoms with Gasteiger partial charge in [-0.3, -0.25) is 4.79 Å². The number of thioether (sulfide) groups is 1. The molecule has 0 saturated heterocycles. The largest absolute Gasteiger partial charge is 0.392 e. The van der Waals surface area contributed by atoms with Crippen LogP contribution >= 0.6 is 11.8 Å². The van der Waals surface area contributed by atoms with Gasteiger partial charge in [-0.25, -0.2) is 0 Å². The van der Waals surface area contributed by atoms with Crippen LogP contribution in [0.3, 0.4) is 0 Å². The van der Waals surface area contributed by atoms with Crippen molar-refractivity contribution in [3.8, 4) is 0 Å². The van der Waals surface area contributed by atoms with E-state index in [9.17, 15) is 4.79 Å². The SMILES string of the molecule is C=C(C)C(=O)SCC(O)CC. The first-order chi connectivity index (χ1) is 5.07. The smallest absolute Gasteiger partial charge is 0.214 e. The molecule has 0 aliphatic heterocycles. The maximum Gasteiger partial charge on any atom is 0.214 e. The van der Waals surface area contributed by atoms with Crippen LogP contribution in [-0.2, 0) is 4.79 Å². The maximum absolute atomic E-state index is 10.9. The molecule has 0 fully saturated rings. The number of hydrogen-bond acceptors (Lipinski definition) is 3. The summed E-state index contributed by atoms with van der Waals surface area (Å²) in [4.78, 5) is 10.9. The number of hydrogen-bond donors (Lipinski definition) is 1. The van der Waals surface area contributed by atoms with Crippen molar-refractivity contribution >= 4 is 16.9 Å². The topological polar surface area (TPSA) is 37.3 Å². The van der Waals surface area contributed by atoms with Crippen LogP contribution in [-0.4, -0.2) is 22.1 Å². The van der Waals surface area contributed by atoms with Crippen LogP contribution in [0.25, 0.3) is 0 Å². The lowest BCUT2D eigenvalue weighted by Gasteiger charge is -2.04. The van der Waals surface area contributed by atoms with Crippen molar-refractivity contribution in [2.24, 2.45) is 0 Å². The number of carbonyl (C=O) groups is 1. The van der Waals surface area contributed by atoms with E-state index in [1.165, 1.54) is 0 Å². The average molecular weight is 174 g/mol. The third-order valence-electron chi connectivity index (χ3n) is 1.23. The lowest BCUT2D eigenvalue weighted by molar-refractivity contribution is -0.107. The third kappa shape index (κ3) is 5.04. The normalized spacial score (nSPS) is 12.6. The zero-order valence-electron chi connectivity index (χ0n) is 6.96. The molecule has 1 N–H and O–H groups in total. The molecule has 0 aromatic carbocycles. The van der Waals surface area contributed by atoms with Crippen LogP contribution in [0.4, 0.5) is 0 Å². The summed E-state index contributed by atoms with van der Waals surface area (Å²) < 4.78 is 0. The standard InChI is InChI=1S/C8H14O2S/c1-4-7(9)5-11-8(10)6(2)3/h7,9H,2,4-5H2,1,3H3. The number of carbonyl (C=O) groups excluding carboxylic acids is 1. The molecule has 3 heteroatoms. The van der Waals surface area contributed by atoms with Gasteiger partial charge in [-0.15, -0.1) is 0 Å². The van der Waals surface area contributed by atoms with Crippen LogP contribution in [0.5, 0.6) is 0 Å². The minimum Gasteiger partial charge on any atom is -0.392 e. The first kappa shape index (κ1) is 10.7. The second kappa shape index (κ2) is 5.38. The molecule has 11 heavy (non-hydrogen) atoms. The van der Waals surface area contributed by atoms with E-state index in [1.807, 2.05) is 6.92 Å². The van der Waals surface area contributed by atoms with Gasteiger partial charge in [0.25, 0.3) is 0 Å². The second-order valence-corrected chi connectivity index (χ2v) is 3.43. The molecule has 0 aromatic heterocycles. The molecule has 0 radical (unpaired) electrons. The first-order valence-corrected chi connectivity index (χ1v) is 4.57. The van der Waals surface area contributed by atoms with Crippen molar-refractivity contribution in [3.63, 3.8) is 0 Å². The van der Waals surface area contributed by atoms with Gasteiger partial charge in [0.05, 0.1) is 6.10 Å². The summed E-state index contributed by atoms with van der Waals surface area (Å²) in [6.07, 6.45) is 0.319. The molecule has 0 spiro atoms. The van der Waals surface area contributed by atoms with Crippen LogP contribution in [0.1, 0.15) is 20.3 Å². The van der Waals surface area contributed by atoms with E-state index in [-0.39, 0.29) is 11.2 Å². The van der Waals surface area contributed by atoms with E-state index < -0.39 is 0 Å². The fraction of sp³-hybridized carbons (Fsp3) is 0.625. The summed E-state index contributed by atoms with van der Waals surface area (Å²) in [5, 5.41) is 9.06. The van der Waals surface area contributed by atoms with E-state index in [2.05, 4.69) is 6.58 Å². The van der Waals surface area contributed by atoms with E-state index >= 15 is 0 Å². The van der Waals surface area contributed by atoms with Crippen LogP contribution in [0, 0.1) is 0 Å². The Labute approximate surface area is 71.7 Å². The molecule has 64 valence electrons. The van der Waals surface area contributed by atoms with Crippen molar-refractivity contribution < 1.29 is 9.90 Å². The van der Waals surface area contributed by atoms with Crippen molar-refractivity contribution in [2.75, 3.05) is 5.75 Å².